The molecule has 2 heterocycles. The second-order valence-electron chi connectivity index (χ2n) is 5.24. The number of aromatic nitrogens is 2. The van der Waals surface area contributed by atoms with Crippen LogP contribution in [0.25, 0.3) is 0 Å². The first-order valence-electron chi connectivity index (χ1n) is 7.14. The minimum atomic E-state index is 0.249. The number of fused-ring (bicyclic) bond motifs is 1. The molecule has 4 heteroatoms. The van der Waals surface area contributed by atoms with E-state index < -0.39 is 0 Å². The van der Waals surface area contributed by atoms with E-state index in [0.29, 0.717) is 5.69 Å². The number of para-hydroxylation sites is 1. The van der Waals surface area contributed by atoms with Crippen molar-refractivity contribution in [2.45, 2.75) is 39.2 Å². The van der Waals surface area contributed by atoms with Crippen LogP contribution < -0.4 is 0 Å². The second-order valence-corrected chi connectivity index (χ2v) is 5.24. The Hall–Kier alpha value is -2.10. The van der Waals surface area contributed by atoms with Crippen LogP contribution >= 0.6 is 0 Å². The van der Waals surface area contributed by atoms with Gasteiger partial charge in [-0.25, -0.2) is 4.98 Å². The van der Waals surface area contributed by atoms with E-state index in [1.807, 2.05) is 35.8 Å². The molecule has 0 radical (unpaired) electrons. The van der Waals surface area contributed by atoms with Crippen LogP contribution in [0.15, 0.2) is 29.3 Å². The largest absolute Gasteiger partial charge is 0.493 e. The Morgan fingerprint density at radius 1 is 1.25 bits per heavy atom. The molecule has 0 fully saturated rings. The van der Waals surface area contributed by atoms with Crippen molar-refractivity contribution in [2.75, 3.05) is 0 Å². The van der Waals surface area contributed by atoms with Gasteiger partial charge in [0.2, 0.25) is 5.88 Å². The predicted molar refractivity (Wildman–Crippen MR) is 79.9 cm³/mol. The van der Waals surface area contributed by atoms with Crippen molar-refractivity contribution in [1.29, 1.82) is 0 Å². The molecule has 0 bridgehead atoms. The van der Waals surface area contributed by atoms with Gasteiger partial charge in [0.05, 0.1) is 11.9 Å². The van der Waals surface area contributed by atoms with Crippen molar-refractivity contribution in [3.63, 3.8) is 0 Å². The van der Waals surface area contributed by atoms with Crippen LogP contribution in [0.1, 0.15) is 36.3 Å². The van der Waals surface area contributed by atoms with Crippen LogP contribution in [0.2, 0.25) is 0 Å². The van der Waals surface area contributed by atoms with E-state index in [4.69, 9.17) is 0 Å². The van der Waals surface area contributed by atoms with Crippen molar-refractivity contribution in [2.24, 2.45) is 4.99 Å². The van der Waals surface area contributed by atoms with Crippen LogP contribution in [0, 0.1) is 6.92 Å². The molecule has 0 spiro atoms. The monoisotopic (exact) mass is 269 g/mol. The molecule has 1 aliphatic rings. The van der Waals surface area contributed by atoms with Gasteiger partial charge < -0.3 is 5.11 Å². The lowest BCUT2D eigenvalue weighted by atomic mass is 10.2. The zero-order valence-electron chi connectivity index (χ0n) is 11.7. The quantitative estimate of drug-likeness (QED) is 0.850. The van der Waals surface area contributed by atoms with E-state index in [2.05, 4.69) is 9.98 Å². The molecular formula is C16H19N3O. The number of imidazole rings is 1. The summed E-state index contributed by atoms with van der Waals surface area (Å²) in [5.74, 6) is 1.23. The van der Waals surface area contributed by atoms with E-state index in [0.717, 1.165) is 42.9 Å². The van der Waals surface area contributed by atoms with Gasteiger partial charge in [0.1, 0.15) is 11.5 Å². The second kappa shape index (κ2) is 5.49. The molecule has 0 saturated carbocycles. The number of hydrogen-bond donors (Lipinski definition) is 1. The van der Waals surface area contributed by atoms with Gasteiger partial charge in [-0.2, -0.15) is 0 Å². The summed E-state index contributed by atoms with van der Waals surface area (Å²) in [6, 6.07) is 7.94. The average Bonchev–Trinajstić information content (AvgIpc) is 2.64. The molecule has 4 nitrogen and oxygen atoms in total. The summed E-state index contributed by atoms with van der Waals surface area (Å²) in [7, 11) is 0. The number of aliphatic imine (C=N–C) groups is 1. The summed E-state index contributed by atoms with van der Waals surface area (Å²) < 4.78 is 1.92. The van der Waals surface area contributed by atoms with E-state index in [1.165, 1.54) is 6.42 Å². The number of aromatic hydroxyl groups is 1. The summed E-state index contributed by atoms with van der Waals surface area (Å²) in [6.07, 6.45) is 6.05. The Morgan fingerprint density at radius 2 is 2.10 bits per heavy atom. The SMILES string of the molecule is Cc1ccccc1N=Cc1nc2n(c1O)CCCCC2. The van der Waals surface area contributed by atoms with Crippen molar-refractivity contribution < 1.29 is 5.11 Å². The summed E-state index contributed by atoms with van der Waals surface area (Å²) in [5, 5.41) is 10.3. The smallest absolute Gasteiger partial charge is 0.220 e. The third-order valence-electron chi connectivity index (χ3n) is 3.77. The number of nitrogens with zero attached hydrogens (tertiary/aromatic N) is 3. The lowest BCUT2D eigenvalue weighted by molar-refractivity contribution is 0.412. The van der Waals surface area contributed by atoms with E-state index in [9.17, 15) is 5.11 Å². The van der Waals surface area contributed by atoms with E-state index in [1.54, 1.807) is 6.21 Å². The van der Waals surface area contributed by atoms with Crippen LogP contribution in [0.5, 0.6) is 5.88 Å². The maximum Gasteiger partial charge on any atom is 0.220 e. The summed E-state index contributed by atoms with van der Waals surface area (Å²) in [4.78, 5) is 8.96. The molecule has 0 amide bonds. The zero-order chi connectivity index (χ0) is 13.9. The lowest BCUT2D eigenvalue weighted by Gasteiger charge is -2.02. The van der Waals surface area contributed by atoms with Gasteiger partial charge in [-0.1, -0.05) is 24.6 Å². The Labute approximate surface area is 118 Å². The lowest BCUT2D eigenvalue weighted by Crippen LogP contribution is -1.99. The Morgan fingerprint density at radius 3 is 2.95 bits per heavy atom. The summed E-state index contributed by atoms with van der Waals surface area (Å²) in [5.41, 5.74) is 2.60. The minimum absolute atomic E-state index is 0.249. The normalized spacial score (nSPS) is 15.2. The average molecular weight is 269 g/mol. The summed E-state index contributed by atoms with van der Waals surface area (Å²) in [6.45, 7) is 2.88. The zero-order valence-corrected chi connectivity index (χ0v) is 11.7. The number of rotatable bonds is 2. The van der Waals surface area contributed by atoms with Crippen LogP contribution in [0.3, 0.4) is 0 Å². The maximum absolute atomic E-state index is 10.3. The molecule has 0 atom stereocenters. The number of benzene rings is 1. The highest BCUT2D eigenvalue weighted by Crippen LogP contribution is 2.24. The molecule has 1 aliphatic heterocycles. The Kier molecular flexibility index (Phi) is 3.54. The van der Waals surface area contributed by atoms with Crippen LogP contribution in [-0.4, -0.2) is 20.9 Å². The molecule has 2 aromatic rings. The predicted octanol–water partition coefficient (Wildman–Crippen LogP) is 3.37. The van der Waals surface area contributed by atoms with Crippen molar-refractivity contribution in [1.82, 2.24) is 9.55 Å². The molecule has 3 rings (SSSR count). The Balaban J connectivity index is 1.90. The molecule has 0 aliphatic carbocycles. The third kappa shape index (κ3) is 2.46. The first-order valence-corrected chi connectivity index (χ1v) is 7.14. The minimum Gasteiger partial charge on any atom is -0.493 e. The molecule has 104 valence electrons. The van der Waals surface area contributed by atoms with Gasteiger partial charge in [0, 0.05) is 13.0 Å². The third-order valence-corrected chi connectivity index (χ3v) is 3.77. The molecule has 0 saturated heterocycles. The topological polar surface area (TPSA) is 50.4 Å². The van der Waals surface area contributed by atoms with E-state index >= 15 is 0 Å². The van der Waals surface area contributed by atoms with Crippen molar-refractivity contribution in [3.05, 3.63) is 41.3 Å². The molecule has 20 heavy (non-hydrogen) atoms. The highest BCUT2D eigenvalue weighted by atomic mass is 16.3. The van der Waals surface area contributed by atoms with Crippen LogP contribution in [0.4, 0.5) is 5.69 Å². The Bertz CT molecular complexity index is 643. The number of hydrogen-bond acceptors (Lipinski definition) is 3. The molecular weight excluding hydrogens is 250 g/mol. The first-order chi connectivity index (χ1) is 9.75. The fraction of sp³-hybridized carbons (Fsp3) is 0.375. The molecule has 0 unspecified atom stereocenters. The van der Waals surface area contributed by atoms with Gasteiger partial charge in [-0.05, 0) is 31.4 Å². The van der Waals surface area contributed by atoms with Gasteiger partial charge in [-0.15, -0.1) is 0 Å². The van der Waals surface area contributed by atoms with Gasteiger partial charge in [0.15, 0.2) is 0 Å². The summed E-state index contributed by atoms with van der Waals surface area (Å²) >= 11 is 0. The first kappa shape index (κ1) is 12.9. The maximum atomic E-state index is 10.3. The fourth-order valence-corrected chi connectivity index (χ4v) is 2.59. The van der Waals surface area contributed by atoms with Crippen molar-refractivity contribution in [3.8, 4) is 5.88 Å². The van der Waals surface area contributed by atoms with Crippen LogP contribution in [-0.2, 0) is 13.0 Å². The highest BCUT2D eigenvalue weighted by molar-refractivity contribution is 5.82. The van der Waals surface area contributed by atoms with Gasteiger partial charge >= 0.3 is 0 Å². The number of aryl methyl sites for hydroxylation is 2. The van der Waals surface area contributed by atoms with E-state index in [-0.39, 0.29) is 5.88 Å². The van der Waals surface area contributed by atoms with Gasteiger partial charge in [-0.3, -0.25) is 9.56 Å². The standard InChI is InChI=1S/C16H19N3O/c1-12-7-4-5-8-13(12)17-11-14-16(20)19-10-6-2-3-9-15(19)18-14/h4-5,7-8,11,20H,2-3,6,9-10H2,1H3. The van der Waals surface area contributed by atoms with Crippen molar-refractivity contribution >= 4 is 11.9 Å². The van der Waals surface area contributed by atoms with Gasteiger partial charge in [0.25, 0.3) is 0 Å². The highest BCUT2D eigenvalue weighted by Gasteiger charge is 2.16. The molecule has 1 N–H and O–H groups in total. The molecule has 1 aromatic heterocycles. The molecule has 1 aromatic carbocycles. The fourth-order valence-electron chi connectivity index (χ4n) is 2.59.